The van der Waals surface area contributed by atoms with Crippen molar-refractivity contribution in [2.45, 2.75) is 11.3 Å². The van der Waals surface area contributed by atoms with Gasteiger partial charge < -0.3 is 15.2 Å². The SMILES string of the molecule is COCCCOCCS(=O)c1c(F)cc(N)cc1F. The second-order valence-corrected chi connectivity index (χ2v) is 5.33. The van der Waals surface area contributed by atoms with Gasteiger partial charge >= 0.3 is 0 Å². The molecule has 1 aromatic carbocycles. The van der Waals surface area contributed by atoms with E-state index in [1.54, 1.807) is 7.11 Å². The second-order valence-electron chi connectivity index (χ2n) is 3.82. The molecule has 1 unspecified atom stereocenters. The van der Waals surface area contributed by atoms with Crippen molar-refractivity contribution >= 4 is 16.5 Å². The van der Waals surface area contributed by atoms with Crippen LogP contribution in [0.3, 0.4) is 0 Å². The fourth-order valence-electron chi connectivity index (χ4n) is 1.44. The number of rotatable bonds is 8. The third-order valence-corrected chi connectivity index (χ3v) is 3.68. The van der Waals surface area contributed by atoms with E-state index in [-0.39, 0.29) is 18.0 Å². The minimum absolute atomic E-state index is 0.0325. The van der Waals surface area contributed by atoms with E-state index in [1.807, 2.05) is 0 Å². The molecule has 7 heteroatoms. The second kappa shape index (κ2) is 8.19. The molecular formula is C12H17F2NO3S. The van der Waals surface area contributed by atoms with Crippen molar-refractivity contribution in [2.24, 2.45) is 0 Å². The first-order chi connectivity index (χ1) is 9.06. The number of halogens is 2. The van der Waals surface area contributed by atoms with Gasteiger partial charge in [-0.15, -0.1) is 0 Å². The Bertz CT molecular complexity index is 420. The van der Waals surface area contributed by atoms with Crippen LogP contribution in [0.15, 0.2) is 17.0 Å². The van der Waals surface area contributed by atoms with E-state index >= 15 is 0 Å². The van der Waals surface area contributed by atoms with Crippen molar-refractivity contribution in [1.29, 1.82) is 0 Å². The van der Waals surface area contributed by atoms with Crippen LogP contribution >= 0.6 is 0 Å². The summed E-state index contributed by atoms with van der Waals surface area (Å²) >= 11 is 0. The predicted molar refractivity (Wildman–Crippen MR) is 69.4 cm³/mol. The molecule has 108 valence electrons. The van der Waals surface area contributed by atoms with Gasteiger partial charge in [-0.1, -0.05) is 0 Å². The van der Waals surface area contributed by atoms with Gasteiger partial charge in [0.2, 0.25) is 0 Å². The highest BCUT2D eigenvalue weighted by molar-refractivity contribution is 7.85. The maximum atomic E-state index is 13.5. The maximum absolute atomic E-state index is 13.5. The van der Waals surface area contributed by atoms with Gasteiger partial charge in [0.1, 0.15) is 16.5 Å². The molecule has 1 aromatic rings. The largest absolute Gasteiger partial charge is 0.399 e. The van der Waals surface area contributed by atoms with Gasteiger partial charge in [0, 0.05) is 26.0 Å². The summed E-state index contributed by atoms with van der Waals surface area (Å²) in [5.41, 5.74) is 5.25. The smallest absolute Gasteiger partial charge is 0.144 e. The number of benzene rings is 1. The molecule has 0 bridgehead atoms. The van der Waals surface area contributed by atoms with Crippen LogP contribution in [0.25, 0.3) is 0 Å². The van der Waals surface area contributed by atoms with E-state index in [0.717, 1.165) is 12.1 Å². The highest BCUT2D eigenvalue weighted by Gasteiger charge is 2.16. The average Bonchev–Trinajstić information content (AvgIpc) is 2.32. The van der Waals surface area contributed by atoms with Gasteiger partial charge in [0.05, 0.1) is 23.2 Å². The van der Waals surface area contributed by atoms with Crippen LogP contribution < -0.4 is 5.73 Å². The molecule has 1 rings (SSSR count). The Labute approximate surface area is 113 Å². The molecule has 0 aliphatic rings. The van der Waals surface area contributed by atoms with Crippen LogP contribution in [-0.4, -0.2) is 36.9 Å². The predicted octanol–water partition coefficient (Wildman–Crippen LogP) is 1.71. The third-order valence-electron chi connectivity index (χ3n) is 2.30. The van der Waals surface area contributed by atoms with Crippen LogP contribution in [0.2, 0.25) is 0 Å². The van der Waals surface area contributed by atoms with Crippen LogP contribution in [0, 0.1) is 11.6 Å². The topological polar surface area (TPSA) is 61.5 Å². The Morgan fingerprint density at radius 3 is 2.42 bits per heavy atom. The zero-order valence-electron chi connectivity index (χ0n) is 10.7. The Morgan fingerprint density at radius 1 is 1.21 bits per heavy atom. The molecule has 0 spiro atoms. The third kappa shape index (κ3) is 5.22. The normalized spacial score (nSPS) is 12.6. The molecular weight excluding hydrogens is 276 g/mol. The monoisotopic (exact) mass is 293 g/mol. The van der Waals surface area contributed by atoms with Crippen molar-refractivity contribution in [3.05, 3.63) is 23.8 Å². The Morgan fingerprint density at radius 2 is 1.84 bits per heavy atom. The van der Waals surface area contributed by atoms with E-state index in [0.29, 0.717) is 19.6 Å². The summed E-state index contributed by atoms with van der Waals surface area (Å²) in [6, 6.07) is 1.91. The summed E-state index contributed by atoms with van der Waals surface area (Å²) in [7, 11) is -0.199. The molecule has 0 amide bonds. The molecule has 1 atom stereocenters. The summed E-state index contributed by atoms with van der Waals surface area (Å²) < 4.78 is 48.7. The van der Waals surface area contributed by atoms with E-state index in [9.17, 15) is 13.0 Å². The average molecular weight is 293 g/mol. The summed E-state index contributed by atoms with van der Waals surface area (Å²) in [6.07, 6.45) is 0.716. The lowest BCUT2D eigenvalue weighted by Crippen LogP contribution is -2.11. The summed E-state index contributed by atoms with van der Waals surface area (Å²) in [6.45, 7) is 1.20. The Balaban J connectivity index is 2.46. The standard InChI is InChI=1S/C12H17F2NO3S/c1-17-3-2-4-18-5-6-19(16)12-10(13)7-9(15)8-11(12)14/h7-8H,2-6,15H2,1H3. The summed E-state index contributed by atoms with van der Waals surface area (Å²) in [4.78, 5) is -0.449. The lowest BCUT2D eigenvalue weighted by molar-refractivity contribution is 0.112. The zero-order chi connectivity index (χ0) is 14.3. The van der Waals surface area contributed by atoms with E-state index in [1.165, 1.54) is 0 Å². The molecule has 0 fully saturated rings. The number of hydrogen-bond donors (Lipinski definition) is 1. The maximum Gasteiger partial charge on any atom is 0.144 e. The van der Waals surface area contributed by atoms with Crippen LogP contribution in [0.4, 0.5) is 14.5 Å². The molecule has 0 aromatic heterocycles. The first-order valence-corrected chi connectivity index (χ1v) is 7.07. The van der Waals surface area contributed by atoms with Crippen molar-refractivity contribution in [3.8, 4) is 0 Å². The molecule has 0 saturated carbocycles. The summed E-state index contributed by atoms with van der Waals surface area (Å²) in [5.74, 6) is -1.75. The van der Waals surface area contributed by atoms with Gasteiger partial charge in [-0.05, 0) is 18.6 Å². The lowest BCUT2D eigenvalue weighted by atomic mass is 10.3. The van der Waals surface area contributed by atoms with E-state index < -0.39 is 27.3 Å². The highest BCUT2D eigenvalue weighted by atomic mass is 32.2. The quantitative estimate of drug-likeness (QED) is 0.585. The van der Waals surface area contributed by atoms with Crippen molar-refractivity contribution in [2.75, 3.05) is 38.4 Å². The molecule has 0 radical (unpaired) electrons. The fraction of sp³-hybridized carbons (Fsp3) is 0.500. The molecule has 0 aliphatic heterocycles. The van der Waals surface area contributed by atoms with Gasteiger partial charge in [-0.25, -0.2) is 8.78 Å². The van der Waals surface area contributed by atoms with E-state index in [2.05, 4.69) is 0 Å². The first-order valence-electron chi connectivity index (χ1n) is 5.76. The Kier molecular flexibility index (Phi) is 6.90. The van der Waals surface area contributed by atoms with Gasteiger partial charge in [0.15, 0.2) is 0 Å². The lowest BCUT2D eigenvalue weighted by Gasteiger charge is -2.07. The van der Waals surface area contributed by atoms with Gasteiger partial charge in [-0.2, -0.15) is 0 Å². The molecule has 19 heavy (non-hydrogen) atoms. The number of nitrogens with two attached hydrogens (primary N) is 1. The molecule has 2 N–H and O–H groups in total. The molecule has 4 nitrogen and oxygen atoms in total. The number of methoxy groups -OCH3 is 1. The Hall–Kier alpha value is -1.05. The number of nitrogen functional groups attached to an aromatic ring is 1. The molecule has 0 heterocycles. The van der Waals surface area contributed by atoms with Crippen LogP contribution in [0.5, 0.6) is 0 Å². The number of ether oxygens (including phenoxy) is 2. The van der Waals surface area contributed by atoms with Crippen molar-refractivity contribution in [3.63, 3.8) is 0 Å². The minimum Gasteiger partial charge on any atom is -0.399 e. The van der Waals surface area contributed by atoms with Crippen LogP contribution in [-0.2, 0) is 20.3 Å². The highest BCUT2D eigenvalue weighted by Crippen LogP contribution is 2.20. The number of anilines is 1. The fourth-order valence-corrected chi connectivity index (χ4v) is 2.47. The zero-order valence-corrected chi connectivity index (χ0v) is 11.5. The number of hydrogen-bond acceptors (Lipinski definition) is 4. The molecule has 0 saturated heterocycles. The van der Waals surface area contributed by atoms with Gasteiger partial charge in [-0.3, -0.25) is 4.21 Å². The van der Waals surface area contributed by atoms with Gasteiger partial charge in [0.25, 0.3) is 0 Å². The minimum atomic E-state index is -1.78. The first kappa shape index (κ1) is 16.0. The molecule has 0 aliphatic carbocycles. The van der Waals surface area contributed by atoms with E-state index in [4.69, 9.17) is 15.2 Å². The van der Waals surface area contributed by atoms with Crippen LogP contribution in [0.1, 0.15) is 6.42 Å². The summed E-state index contributed by atoms with van der Waals surface area (Å²) in [5, 5.41) is 0. The van der Waals surface area contributed by atoms with Crippen molar-refractivity contribution < 1.29 is 22.5 Å². The van der Waals surface area contributed by atoms with Crippen molar-refractivity contribution in [1.82, 2.24) is 0 Å².